The van der Waals surface area contributed by atoms with Gasteiger partial charge in [0.05, 0.1) is 32.1 Å². The predicted octanol–water partition coefficient (Wildman–Crippen LogP) is 1.96. The number of H-pyrrole nitrogens is 1. The summed E-state index contributed by atoms with van der Waals surface area (Å²) >= 11 is 0. The third-order valence-electron chi connectivity index (χ3n) is 5.74. The van der Waals surface area contributed by atoms with Crippen molar-refractivity contribution >= 4 is 5.95 Å². The summed E-state index contributed by atoms with van der Waals surface area (Å²) in [6.07, 6.45) is 0.888. The summed E-state index contributed by atoms with van der Waals surface area (Å²) in [6, 6.07) is 5.82. The molecule has 8 heteroatoms. The SMILES string of the molecule is COc1ccc(OC)c(CN2CCc3c(nc(N4CC(C)OC(C)C4)[nH]c3=O)C2)c1. The van der Waals surface area contributed by atoms with Gasteiger partial charge in [-0.25, -0.2) is 4.98 Å². The van der Waals surface area contributed by atoms with Crippen LogP contribution >= 0.6 is 0 Å². The van der Waals surface area contributed by atoms with Crippen LogP contribution in [0.15, 0.2) is 23.0 Å². The van der Waals surface area contributed by atoms with E-state index in [0.29, 0.717) is 25.5 Å². The number of hydrogen-bond acceptors (Lipinski definition) is 7. The lowest BCUT2D eigenvalue weighted by Crippen LogP contribution is -2.47. The number of morpholine rings is 1. The molecule has 1 saturated heterocycles. The molecule has 0 amide bonds. The van der Waals surface area contributed by atoms with Crippen LogP contribution in [0.3, 0.4) is 0 Å². The second-order valence-corrected chi connectivity index (χ2v) is 8.12. The van der Waals surface area contributed by atoms with E-state index in [0.717, 1.165) is 48.0 Å². The van der Waals surface area contributed by atoms with Gasteiger partial charge in [-0.2, -0.15) is 0 Å². The van der Waals surface area contributed by atoms with Crippen molar-refractivity contribution in [2.24, 2.45) is 0 Å². The Balaban J connectivity index is 1.56. The first-order valence-corrected chi connectivity index (χ1v) is 10.4. The summed E-state index contributed by atoms with van der Waals surface area (Å²) < 4.78 is 16.7. The fourth-order valence-corrected chi connectivity index (χ4v) is 4.36. The number of nitrogens with zero attached hydrogens (tertiary/aromatic N) is 3. The van der Waals surface area contributed by atoms with E-state index in [1.807, 2.05) is 32.0 Å². The van der Waals surface area contributed by atoms with Crippen molar-refractivity contribution in [1.29, 1.82) is 0 Å². The smallest absolute Gasteiger partial charge is 0.255 e. The van der Waals surface area contributed by atoms with E-state index in [9.17, 15) is 4.79 Å². The molecule has 1 aromatic heterocycles. The van der Waals surface area contributed by atoms with Crippen molar-refractivity contribution in [1.82, 2.24) is 14.9 Å². The van der Waals surface area contributed by atoms with Crippen LogP contribution < -0.4 is 19.9 Å². The predicted molar refractivity (Wildman–Crippen MR) is 114 cm³/mol. The van der Waals surface area contributed by atoms with Gasteiger partial charge in [-0.1, -0.05) is 0 Å². The average molecular weight is 415 g/mol. The van der Waals surface area contributed by atoms with E-state index in [-0.39, 0.29) is 17.8 Å². The Bertz CT molecular complexity index is 951. The second kappa shape index (κ2) is 8.65. The third kappa shape index (κ3) is 4.29. The molecule has 0 aliphatic carbocycles. The van der Waals surface area contributed by atoms with Crippen molar-refractivity contribution in [2.75, 3.05) is 38.8 Å². The Morgan fingerprint density at radius 1 is 1.20 bits per heavy atom. The Hall–Kier alpha value is -2.58. The number of ether oxygens (including phenoxy) is 3. The van der Waals surface area contributed by atoms with Gasteiger partial charge in [0.25, 0.3) is 5.56 Å². The van der Waals surface area contributed by atoms with Crippen LogP contribution in [0, 0.1) is 0 Å². The molecule has 1 N–H and O–H groups in total. The maximum atomic E-state index is 12.7. The number of nitrogens with one attached hydrogen (secondary N) is 1. The molecule has 3 heterocycles. The van der Waals surface area contributed by atoms with Gasteiger partial charge >= 0.3 is 0 Å². The van der Waals surface area contributed by atoms with Crippen LogP contribution in [0.1, 0.15) is 30.7 Å². The van der Waals surface area contributed by atoms with Crippen molar-refractivity contribution in [3.8, 4) is 11.5 Å². The molecule has 0 spiro atoms. The zero-order valence-electron chi connectivity index (χ0n) is 18.1. The molecule has 2 aliphatic heterocycles. The zero-order valence-corrected chi connectivity index (χ0v) is 18.1. The maximum Gasteiger partial charge on any atom is 0.255 e. The van der Waals surface area contributed by atoms with Crippen LogP contribution in [-0.2, 0) is 24.2 Å². The molecule has 0 radical (unpaired) electrons. The van der Waals surface area contributed by atoms with Crippen LogP contribution in [0.4, 0.5) is 5.95 Å². The summed E-state index contributed by atoms with van der Waals surface area (Å²) in [7, 11) is 3.34. The number of anilines is 1. The Morgan fingerprint density at radius 3 is 2.67 bits per heavy atom. The molecule has 8 nitrogen and oxygen atoms in total. The number of rotatable bonds is 5. The molecular formula is C22H30N4O4. The maximum absolute atomic E-state index is 12.7. The summed E-state index contributed by atoms with van der Waals surface area (Å²) in [5.74, 6) is 2.27. The molecule has 1 aromatic carbocycles. The minimum absolute atomic E-state index is 0.0274. The molecule has 0 saturated carbocycles. The largest absolute Gasteiger partial charge is 0.497 e. The molecule has 0 bridgehead atoms. The van der Waals surface area contributed by atoms with E-state index in [2.05, 4.69) is 14.8 Å². The van der Waals surface area contributed by atoms with E-state index in [1.54, 1.807) is 14.2 Å². The van der Waals surface area contributed by atoms with Crippen LogP contribution in [-0.4, -0.2) is 60.9 Å². The van der Waals surface area contributed by atoms with Crippen molar-refractivity contribution in [3.63, 3.8) is 0 Å². The van der Waals surface area contributed by atoms with Gasteiger partial charge in [-0.05, 0) is 38.5 Å². The molecule has 30 heavy (non-hydrogen) atoms. The van der Waals surface area contributed by atoms with Crippen molar-refractivity contribution in [2.45, 2.75) is 45.6 Å². The first-order valence-electron chi connectivity index (χ1n) is 10.4. The van der Waals surface area contributed by atoms with Crippen LogP contribution in [0.25, 0.3) is 0 Å². The third-order valence-corrected chi connectivity index (χ3v) is 5.74. The number of fused-ring (bicyclic) bond motifs is 1. The van der Waals surface area contributed by atoms with Gasteiger partial charge in [0.2, 0.25) is 5.95 Å². The summed E-state index contributed by atoms with van der Waals surface area (Å²) in [5, 5.41) is 0. The Kier molecular flexibility index (Phi) is 5.97. The van der Waals surface area contributed by atoms with Crippen LogP contribution in [0.2, 0.25) is 0 Å². The number of aromatic nitrogens is 2. The summed E-state index contributed by atoms with van der Waals surface area (Å²) in [4.78, 5) is 25.0. The van der Waals surface area contributed by atoms with Crippen molar-refractivity contribution < 1.29 is 14.2 Å². The highest BCUT2D eigenvalue weighted by molar-refractivity contribution is 5.41. The van der Waals surface area contributed by atoms with E-state index in [1.165, 1.54) is 0 Å². The quantitative estimate of drug-likeness (QED) is 0.801. The molecular weight excluding hydrogens is 384 g/mol. The van der Waals surface area contributed by atoms with Gasteiger partial charge in [0.15, 0.2) is 0 Å². The molecule has 2 aliphatic rings. The number of hydrogen-bond donors (Lipinski definition) is 1. The average Bonchev–Trinajstić information content (AvgIpc) is 2.72. The minimum Gasteiger partial charge on any atom is -0.497 e. The molecule has 2 unspecified atom stereocenters. The van der Waals surface area contributed by atoms with Crippen LogP contribution in [0.5, 0.6) is 11.5 Å². The normalized spacial score (nSPS) is 21.9. The van der Waals surface area contributed by atoms with Gasteiger partial charge in [0, 0.05) is 43.9 Å². The van der Waals surface area contributed by atoms with E-state index >= 15 is 0 Å². The summed E-state index contributed by atoms with van der Waals surface area (Å²) in [5.41, 5.74) is 2.68. The topological polar surface area (TPSA) is 79.9 Å². The number of methoxy groups -OCH3 is 2. The molecule has 2 aromatic rings. The Labute approximate surface area is 176 Å². The van der Waals surface area contributed by atoms with Gasteiger partial charge < -0.3 is 19.1 Å². The highest BCUT2D eigenvalue weighted by atomic mass is 16.5. The standard InChI is InChI=1S/C22H30N4O4/c1-14-10-26(11-15(2)30-14)22-23-19-13-25(8-7-18(19)21(27)24-22)12-16-9-17(28-3)5-6-20(16)29-4/h5-6,9,14-15H,7-8,10-13H2,1-4H3,(H,23,24,27). The highest BCUT2D eigenvalue weighted by Gasteiger charge is 2.27. The lowest BCUT2D eigenvalue weighted by molar-refractivity contribution is -0.00576. The Morgan fingerprint density at radius 2 is 1.97 bits per heavy atom. The molecule has 162 valence electrons. The van der Waals surface area contributed by atoms with Gasteiger partial charge in [-0.15, -0.1) is 0 Å². The fraction of sp³-hybridized carbons (Fsp3) is 0.545. The van der Waals surface area contributed by atoms with Gasteiger partial charge in [0.1, 0.15) is 11.5 Å². The summed E-state index contributed by atoms with van der Waals surface area (Å²) in [6.45, 7) is 7.65. The van der Waals surface area contributed by atoms with Gasteiger partial charge in [-0.3, -0.25) is 14.7 Å². The number of benzene rings is 1. The van der Waals surface area contributed by atoms with Crippen molar-refractivity contribution in [3.05, 3.63) is 45.4 Å². The fourth-order valence-electron chi connectivity index (χ4n) is 4.36. The van der Waals surface area contributed by atoms with E-state index in [4.69, 9.17) is 19.2 Å². The number of aromatic amines is 1. The first-order chi connectivity index (χ1) is 14.5. The molecule has 1 fully saturated rings. The van der Waals surface area contributed by atoms with E-state index < -0.39 is 0 Å². The monoisotopic (exact) mass is 414 g/mol. The highest BCUT2D eigenvalue weighted by Crippen LogP contribution is 2.27. The first kappa shape index (κ1) is 20.7. The minimum atomic E-state index is -0.0274. The zero-order chi connectivity index (χ0) is 21.3. The lowest BCUT2D eigenvalue weighted by atomic mass is 10.1. The molecule has 2 atom stereocenters. The lowest BCUT2D eigenvalue weighted by Gasteiger charge is -2.36. The molecule has 4 rings (SSSR count). The second-order valence-electron chi connectivity index (χ2n) is 8.12.